The number of benzene rings is 1. The van der Waals surface area contributed by atoms with Crippen LogP contribution in [0.2, 0.25) is 0 Å². The van der Waals surface area contributed by atoms with Crippen LogP contribution in [-0.4, -0.2) is 28.7 Å². The second-order valence-corrected chi connectivity index (χ2v) is 4.80. The third-order valence-electron chi connectivity index (χ3n) is 3.42. The molecule has 0 amide bonds. The summed E-state index contributed by atoms with van der Waals surface area (Å²) in [4.78, 5) is 21.1. The molecule has 1 saturated carbocycles. The van der Waals surface area contributed by atoms with Gasteiger partial charge in [0.05, 0.1) is 24.5 Å². The summed E-state index contributed by atoms with van der Waals surface area (Å²) in [5, 5.41) is 19.6. The van der Waals surface area contributed by atoms with Crippen LogP contribution in [0.4, 0.5) is 5.69 Å². The van der Waals surface area contributed by atoms with Crippen molar-refractivity contribution in [1.29, 1.82) is 0 Å². The number of nitro benzene ring substituents is 1. The molecule has 0 aliphatic heterocycles. The summed E-state index contributed by atoms with van der Waals surface area (Å²) in [6, 6.07) is 4.02. The number of aliphatic carboxylic acids is 1. The van der Waals surface area contributed by atoms with E-state index < -0.39 is 16.5 Å². The fourth-order valence-electron chi connectivity index (χ4n) is 2.25. The molecule has 0 aromatic heterocycles. The second-order valence-electron chi connectivity index (χ2n) is 4.80. The molecule has 0 saturated heterocycles. The standard InChI is InChI=1S/C13H15NO6/c1-19-11-7-9(14(17)18)3-4-10(11)20-13(5-2-6-13)8-12(15)16/h3-4,7H,2,5-6,8H2,1H3,(H,15,16). The lowest BCUT2D eigenvalue weighted by Crippen LogP contribution is -2.45. The van der Waals surface area contributed by atoms with Crippen LogP contribution < -0.4 is 9.47 Å². The number of rotatable bonds is 6. The van der Waals surface area contributed by atoms with E-state index in [9.17, 15) is 14.9 Å². The summed E-state index contributed by atoms with van der Waals surface area (Å²) >= 11 is 0. The maximum Gasteiger partial charge on any atom is 0.307 e. The first kappa shape index (κ1) is 14.1. The van der Waals surface area contributed by atoms with Crippen molar-refractivity contribution in [2.45, 2.75) is 31.3 Å². The van der Waals surface area contributed by atoms with Crippen molar-refractivity contribution >= 4 is 11.7 Å². The Bertz CT molecular complexity index is 538. The topological polar surface area (TPSA) is 98.9 Å². The van der Waals surface area contributed by atoms with Gasteiger partial charge < -0.3 is 14.6 Å². The molecule has 0 heterocycles. The zero-order valence-electron chi connectivity index (χ0n) is 11.0. The predicted octanol–water partition coefficient (Wildman–Crippen LogP) is 2.38. The number of non-ortho nitro benzene ring substituents is 1. The molecule has 2 rings (SSSR count). The molecule has 108 valence electrons. The largest absolute Gasteiger partial charge is 0.493 e. The molecule has 0 unspecified atom stereocenters. The van der Waals surface area contributed by atoms with E-state index >= 15 is 0 Å². The highest BCUT2D eigenvalue weighted by Crippen LogP contribution is 2.42. The second kappa shape index (κ2) is 5.36. The number of methoxy groups -OCH3 is 1. The van der Waals surface area contributed by atoms with Crippen molar-refractivity contribution in [3.63, 3.8) is 0 Å². The lowest BCUT2D eigenvalue weighted by atomic mass is 9.77. The van der Waals surface area contributed by atoms with Crippen LogP contribution in [0.1, 0.15) is 25.7 Å². The van der Waals surface area contributed by atoms with Crippen molar-refractivity contribution in [2.24, 2.45) is 0 Å². The molecule has 7 heteroatoms. The zero-order chi connectivity index (χ0) is 14.8. The van der Waals surface area contributed by atoms with Crippen LogP contribution in [-0.2, 0) is 4.79 Å². The Kier molecular flexibility index (Phi) is 3.78. The van der Waals surface area contributed by atoms with Gasteiger partial charge in [-0.05, 0) is 25.3 Å². The molecule has 7 nitrogen and oxygen atoms in total. The Labute approximate surface area is 115 Å². The molecular formula is C13H15NO6. The Hall–Kier alpha value is -2.31. The van der Waals surface area contributed by atoms with Crippen molar-refractivity contribution in [1.82, 2.24) is 0 Å². The molecule has 20 heavy (non-hydrogen) atoms. The van der Waals surface area contributed by atoms with E-state index in [2.05, 4.69) is 0 Å². The lowest BCUT2D eigenvalue weighted by Gasteiger charge is -2.41. The van der Waals surface area contributed by atoms with Crippen molar-refractivity contribution in [2.75, 3.05) is 7.11 Å². The van der Waals surface area contributed by atoms with E-state index in [0.717, 1.165) is 6.42 Å². The SMILES string of the molecule is COc1cc([N+](=O)[O-])ccc1OC1(CC(=O)O)CCC1. The molecule has 1 aliphatic rings. The van der Waals surface area contributed by atoms with Gasteiger partial charge in [-0.15, -0.1) is 0 Å². The minimum absolute atomic E-state index is 0.0901. The minimum atomic E-state index is -0.925. The van der Waals surface area contributed by atoms with Gasteiger partial charge in [0.1, 0.15) is 5.60 Å². The number of hydrogen-bond donors (Lipinski definition) is 1. The van der Waals surface area contributed by atoms with Gasteiger partial charge in [-0.25, -0.2) is 0 Å². The van der Waals surface area contributed by atoms with Crippen LogP contribution in [0.3, 0.4) is 0 Å². The summed E-state index contributed by atoms with van der Waals surface area (Å²) in [5.41, 5.74) is -0.829. The van der Waals surface area contributed by atoms with Gasteiger partial charge in [-0.3, -0.25) is 14.9 Å². The number of ether oxygens (including phenoxy) is 2. The highest BCUT2D eigenvalue weighted by atomic mass is 16.6. The molecule has 1 N–H and O–H groups in total. The van der Waals surface area contributed by atoms with Crippen LogP contribution in [0, 0.1) is 10.1 Å². The normalized spacial score (nSPS) is 16.1. The van der Waals surface area contributed by atoms with E-state index in [4.69, 9.17) is 14.6 Å². The summed E-state index contributed by atoms with van der Waals surface area (Å²) < 4.78 is 10.9. The first-order chi connectivity index (χ1) is 9.46. The molecule has 1 aliphatic carbocycles. The van der Waals surface area contributed by atoms with E-state index in [1.54, 1.807) is 0 Å². The minimum Gasteiger partial charge on any atom is -0.493 e. The number of carbonyl (C=O) groups is 1. The average Bonchev–Trinajstić information content (AvgIpc) is 2.35. The molecule has 1 aromatic rings. The summed E-state index contributed by atoms with van der Waals surface area (Å²) in [7, 11) is 1.39. The molecule has 0 spiro atoms. The van der Waals surface area contributed by atoms with Gasteiger partial charge in [-0.1, -0.05) is 0 Å². The third-order valence-corrected chi connectivity index (χ3v) is 3.42. The van der Waals surface area contributed by atoms with Crippen molar-refractivity contribution in [3.05, 3.63) is 28.3 Å². The average molecular weight is 281 g/mol. The number of nitrogens with zero attached hydrogens (tertiary/aromatic N) is 1. The van der Waals surface area contributed by atoms with Crippen molar-refractivity contribution < 1.29 is 24.3 Å². The highest BCUT2D eigenvalue weighted by Gasteiger charge is 2.42. The number of carboxylic acid groups (broad SMARTS) is 1. The molecule has 0 atom stereocenters. The van der Waals surface area contributed by atoms with E-state index in [1.807, 2.05) is 0 Å². The summed E-state index contributed by atoms with van der Waals surface area (Å²) in [6.45, 7) is 0. The van der Waals surface area contributed by atoms with E-state index in [0.29, 0.717) is 18.6 Å². The Morgan fingerprint density at radius 2 is 2.15 bits per heavy atom. The van der Waals surface area contributed by atoms with Gasteiger partial charge in [0.15, 0.2) is 11.5 Å². The summed E-state index contributed by atoms with van der Waals surface area (Å²) in [6.07, 6.45) is 2.12. The monoisotopic (exact) mass is 281 g/mol. The van der Waals surface area contributed by atoms with Gasteiger partial charge in [0.25, 0.3) is 5.69 Å². The van der Waals surface area contributed by atoms with Crippen LogP contribution in [0.5, 0.6) is 11.5 Å². The fourth-order valence-corrected chi connectivity index (χ4v) is 2.25. The van der Waals surface area contributed by atoms with Gasteiger partial charge in [0.2, 0.25) is 0 Å². The number of carboxylic acids is 1. The van der Waals surface area contributed by atoms with Gasteiger partial charge in [0, 0.05) is 6.07 Å². The van der Waals surface area contributed by atoms with Crippen molar-refractivity contribution in [3.8, 4) is 11.5 Å². The van der Waals surface area contributed by atoms with Crippen LogP contribution in [0.25, 0.3) is 0 Å². The highest BCUT2D eigenvalue weighted by molar-refractivity contribution is 5.68. The fraction of sp³-hybridized carbons (Fsp3) is 0.462. The number of nitro groups is 1. The Morgan fingerprint density at radius 1 is 1.45 bits per heavy atom. The van der Waals surface area contributed by atoms with E-state index in [-0.39, 0.29) is 17.9 Å². The smallest absolute Gasteiger partial charge is 0.307 e. The number of hydrogen-bond acceptors (Lipinski definition) is 5. The van der Waals surface area contributed by atoms with Crippen LogP contribution >= 0.6 is 0 Å². The predicted molar refractivity (Wildman–Crippen MR) is 69.1 cm³/mol. The summed E-state index contributed by atoms with van der Waals surface area (Å²) in [5.74, 6) is -0.361. The third kappa shape index (κ3) is 2.81. The first-order valence-corrected chi connectivity index (χ1v) is 6.19. The van der Waals surface area contributed by atoms with Gasteiger partial charge >= 0.3 is 5.97 Å². The Balaban J connectivity index is 2.24. The zero-order valence-corrected chi connectivity index (χ0v) is 11.0. The molecule has 1 aromatic carbocycles. The Morgan fingerprint density at radius 3 is 2.60 bits per heavy atom. The van der Waals surface area contributed by atoms with Gasteiger partial charge in [-0.2, -0.15) is 0 Å². The first-order valence-electron chi connectivity index (χ1n) is 6.19. The molecule has 0 bridgehead atoms. The maximum atomic E-state index is 10.9. The maximum absolute atomic E-state index is 10.9. The van der Waals surface area contributed by atoms with Crippen LogP contribution in [0.15, 0.2) is 18.2 Å². The lowest BCUT2D eigenvalue weighted by molar-refractivity contribution is -0.385. The molecular weight excluding hydrogens is 266 g/mol. The quantitative estimate of drug-likeness (QED) is 0.634. The molecule has 0 radical (unpaired) electrons. The van der Waals surface area contributed by atoms with E-state index in [1.165, 1.54) is 25.3 Å². The molecule has 1 fully saturated rings.